The van der Waals surface area contributed by atoms with Crippen molar-refractivity contribution in [1.82, 2.24) is 15.2 Å². The number of halogens is 1. The number of nitrogens with zero attached hydrogens (tertiary/aromatic N) is 3. The van der Waals surface area contributed by atoms with Gasteiger partial charge in [0.2, 0.25) is 11.8 Å². The minimum absolute atomic E-state index is 0.0632. The van der Waals surface area contributed by atoms with E-state index in [2.05, 4.69) is 15.2 Å². The fourth-order valence-electron chi connectivity index (χ4n) is 1.66. The predicted molar refractivity (Wildman–Crippen MR) is 67.7 cm³/mol. The van der Waals surface area contributed by atoms with E-state index in [1.54, 1.807) is 12.3 Å². The summed E-state index contributed by atoms with van der Waals surface area (Å²) in [5.41, 5.74) is 0.612. The van der Waals surface area contributed by atoms with E-state index in [1.807, 2.05) is 6.92 Å². The zero-order valence-electron chi connectivity index (χ0n) is 10.2. The van der Waals surface area contributed by atoms with Crippen molar-refractivity contribution in [2.75, 3.05) is 0 Å². The molecule has 1 N–H and O–H groups in total. The Bertz CT molecular complexity index is 585. The lowest BCUT2D eigenvalue weighted by molar-refractivity contribution is -0.137. The first-order valence-corrected chi connectivity index (χ1v) is 6.08. The van der Waals surface area contributed by atoms with Crippen LogP contribution in [0.3, 0.4) is 0 Å². The van der Waals surface area contributed by atoms with Gasteiger partial charge in [-0.2, -0.15) is 0 Å². The van der Waals surface area contributed by atoms with Crippen LogP contribution in [0.2, 0.25) is 5.02 Å². The van der Waals surface area contributed by atoms with E-state index >= 15 is 0 Å². The van der Waals surface area contributed by atoms with E-state index in [1.165, 1.54) is 6.20 Å². The summed E-state index contributed by atoms with van der Waals surface area (Å²) in [6, 6.07) is 1.68. The molecule has 0 saturated heterocycles. The number of aliphatic carboxylic acids is 1. The topological polar surface area (TPSA) is 89.1 Å². The van der Waals surface area contributed by atoms with Gasteiger partial charge in [-0.3, -0.25) is 9.78 Å². The number of pyridine rings is 1. The average Bonchev–Trinajstić information content (AvgIpc) is 2.76. The van der Waals surface area contributed by atoms with Gasteiger partial charge < -0.3 is 9.52 Å². The van der Waals surface area contributed by atoms with E-state index in [4.69, 9.17) is 21.1 Å². The van der Waals surface area contributed by atoms with Gasteiger partial charge in [0.15, 0.2) is 0 Å². The quantitative estimate of drug-likeness (QED) is 0.905. The van der Waals surface area contributed by atoms with Crippen LogP contribution in [0.1, 0.15) is 19.2 Å². The summed E-state index contributed by atoms with van der Waals surface area (Å²) in [4.78, 5) is 14.5. The lowest BCUT2D eigenvalue weighted by Gasteiger charge is -2.03. The Morgan fingerprint density at radius 3 is 3.00 bits per heavy atom. The monoisotopic (exact) mass is 281 g/mol. The molecule has 0 saturated carbocycles. The largest absolute Gasteiger partial charge is 0.481 e. The van der Waals surface area contributed by atoms with Crippen LogP contribution in [0.15, 0.2) is 22.9 Å². The van der Waals surface area contributed by atoms with Gasteiger partial charge in [0.25, 0.3) is 0 Å². The molecule has 0 amide bonds. The van der Waals surface area contributed by atoms with E-state index in [-0.39, 0.29) is 12.3 Å². The molecule has 0 spiro atoms. The minimum atomic E-state index is -0.843. The summed E-state index contributed by atoms with van der Waals surface area (Å²) in [5.74, 6) is -0.204. The number of hydrogen-bond acceptors (Lipinski definition) is 5. The number of carboxylic acid groups (broad SMARTS) is 1. The number of hydrogen-bond donors (Lipinski definition) is 1. The zero-order chi connectivity index (χ0) is 13.8. The molecular weight excluding hydrogens is 270 g/mol. The molecule has 0 radical (unpaired) electrons. The molecule has 2 aromatic heterocycles. The summed E-state index contributed by atoms with van der Waals surface area (Å²) in [5, 5.41) is 16.9. The first kappa shape index (κ1) is 13.5. The number of carboxylic acids is 1. The Morgan fingerprint density at radius 2 is 2.32 bits per heavy atom. The van der Waals surface area contributed by atoms with Gasteiger partial charge >= 0.3 is 5.97 Å². The fraction of sp³-hybridized carbons (Fsp3) is 0.333. The molecule has 0 aromatic carbocycles. The van der Waals surface area contributed by atoms with E-state index < -0.39 is 5.97 Å². The third kappa shape index (κ3) is 3.51. The van der Waals surface area contributed by atoms with Crippen LogP contribution < -0.4 is 0 Å². The fourth-order valence-corrected chi connectivity index (χ4v) is 1.86. The summed E-state index contributed by atoms with van der Waals surface area (Å²) < 4.78 is 5.48. The zero-order valence-corrected chi connectivity index (χ0v) is 11.0. The van der Waals surface area contributed by atoms with E-state index in [9.17, 15) is 4.79 Å². The number of aromatic nitrogens is 3. The molecule has 2 aromatic rings. The van der Waals surface area contributed by atoms with Gasteiger partial charge in [0.1, 0.15) is 0 Å². The predicted octanol–water partition coefficient (Wildman–Crippen LogP) is 2.44. The van der Waals surface area contributed by atoms with Gasteiger partial charge in [0.05, 0.1) is 10.6 Å². The summed E-state index contributed by atoms with van der Waals surface area (Å²) in [7, 11) is 0. The Kier molecular flexibility index (Phi) is 4.11. The average molecular weight is 282 g/mol. The molecule has 1 atom stereocenters. The van der Waals surface area contributed by atoms with Crippen molar-refractivity contribution in [3.8, 4) is 11.5 Å². The highest BCUT2D eigenvalue weighted by Gasteiger charge is 2.15. The van der Waals surface area contributed by atoms with E-state index in [0.29, 0.717) is 28.8 Å². The van der Waals surface area contributed by atoms with Crippen LogP contribution in [0.25, 0.3) is 11.5 Å². The van der Waals surface area contributed by atoms with E-state index in [0.717, 1.165) is 0 Å². The molecule has 6 nitrogen and oxygen atoms in total. The van der Waals surface area contributed by atoms with Gasteiger partial charge in [-0.15, -0.1) is 10.2 Å². The highest BCUT2D eigenvalue weighted by molar-refractivity contribution is 6.32. The normalized spacial score (nSPS) is 12.3. The van der Waals surface area contributed by atoms with Crippen LogP contribution in [0, 0.1) is 5.92 Å². The molecule has 100 valence electrons. The summed E-state index contributed by atoms with van der Waals surface area (Å²) in [6.07, 6.45) is 3.56. The molecular formula is C12H12ClN3O3. The third-order valence-electron chi connectivity index (χ3n) is 2.52. The summed E-state index contributed by atoms with van der Waals surface area (Å²) in [6.45, 7) is 1.82. The lowest BCUT2D eigenvalue weighted by atomic mass is 10.0. The molecule has 2 heterocycles. The Balaban J connectivity index is 2.11. The molecule has 0 aliphatic rings. The van der Waals surface area contributed by atoms with Crippen LogP contribution in [0.5, 0.6) is 0 Å². The Hall–Kier alpha value is -1.95. The maximum atomic E-state index is 10.6. The second-order valence-electron chi connectivity index (χ2n) is 4.26. The van der Waals surface area contributed by atoms with Crippen LogP contribution in [-0.2, 0) is 11.2 Å². The van der Waals surface area contributed by atoms with Crippen molar-refractivity contribution >= 4 is 17.6 Å². The second kappa shape index (κ2) is 5.79. The first-order valence-electron chi connectivity index (χ1n) is 5.70. The SMILES string of the molecule is CC(CC(=O)O)Cc1nnc(-c2ccncc2Cl)o1. The molecule has 0 aliphatic carbocycles. The van der Waals surface area contributed by atoms with Gasteiger partial charge in [-0.05, 0) is 12.0 Å². The van der Waals surface area contributed by atoms with Gasteiger partial charge in [0, 0.05) is 25.2 Å². The van der Waals surface area contributed by atoms with Crippen molar-refractivity contribution in [3.05, 3.63) is 29.4 Å². The van der Waals surface area contributed by atoms with Crippen LogP contribution in [-0.4, -0.2) is 26.3 Å². The standard InChI is InChI=1S/C12H12ClN3O3/c1-7(5-11(17)18)4-10-15-16-12(19-10)8-2-3-14-6-9(8)13/h2-3,6-7H,4-5H2,1H3,(H,17,18). The minimum Gasteiger partial charge on any atom is -0.481 e. The third-order valence-corrected chi connectivity index (χ3v) is 2.82. The second-order valence-corrected chi connectivity index (χ2v) is 4.67. The lowest BCUT2D eigenvalue weighted by Crippen LogP contribution is -2.07. The molecule has 0 fully saturated rings. The smallest absolute Gasteiger partial charge is 0.303 e. The molecule has 7 heteroatoms. The van der Waals surface area contributed by atoms with Crippen molar-refractivity contribution < 1.29 is 14.3 Å². The molecule has 19 heavy (non-hydrogen) atoms. The number of carbonyl (C=O) groups is 1. The van der Waals surface area contributed by atoms with Crippen LogP contribution >= 0.6 is 11.6 Å². The van der Waals surface area contributed by atoms with Gasteiger partial charge in [-0.1, -0.05) is 18.5 Å². The van der Waals surface area contributed by atoms with Crippen molar-refractivity contribution in [1.29, 1.82) is 0 Å². The highest BCUT2D eigenvalue weighted by atomic mass is 35.5. The molecule has 0 bridgehead atoms. The molecule has 2 rings (SSSR count). The van der Waals surface area contributed by atoms with Crippen molar-refractivity contribution in [3.63, 3.8) is 0 Å². The number of rotatable bonds is 5. The molecule has 0 aliphatic heterocycles. The van der Waals surface area contributed by atoms with Crippen LogP contribution in [0.4, 0.5) is 0 Å². The maximum Gasteiger partial charge on any atom is 0.303 e. The summed E-state index contributed by atoms with van der Waals surface area (Å²) >= 11 is 5.97. The van der Waals surface area contributed by atoms with Crippen molar-refractivity contribution in [2.24, 2.45) is 5.92 Å². The van der Waals surface area contributed by atoms with Crippen molar-refractivity contribution in [2.45, 2.75) is 19.8 Å². The molecule has 1 unspecified atom stereocenters. The Morgan fingerprint density at radius 1 is 1.53 bits per heavy atom. The van der Waals surface area contributed by atoms with Gasteiger partial charge in [-0.25, -0.2) is 0 Å². The first-order chi connectivity index (χ1) is 9.06. The Labute approximate surface area is 114 Å². The highest BCUT2D eigenvalue weighted by Crippen LogP contribution is 2.26. The maximum absolute atomic E-state index is 10.6.